The topological polar surface area (TPSA) is 79.4 Å². The number of ether oxygens (including phenoxy) is 1. The Morgan fingerprint density at radius 3 is 2.58 bits per heavy atom. The van der Waals surface area contributed by atoms with Crippen molar-refractivity contribution in [3.05, 3.63) is 65.6 Å². The van der Waals surface area contributed by atoms with E-state index < -0.39 is 0 Å². The van der Waals surface area contributed by atoms with E-state index in [1.807, 2.05) is 26.2 Å². The highest BCUT2D eigenvalue weighted by atomic mass is 19.1. The minimum atomic E-state index is -0.350. The van der Waals surface area contributed by atoms with Crippen LogP contribution in [0.5, 0.6) is 0 Å². The molecule has 0 aliphatic rings. The van der Waals surface area contributed by atoms with Crippen LogP contribution in [0.2, 0.25) is 0 Å². The summed E-state index contributed by atoms with van der Waals surface area (Å²) < 4.78 is 18.7. The van der Waals surface area contributed by atoms with Crippen LogP contribution >= 0.6 is 0 Å². The molecule has 2 N–H and O–H groups in total. The van der Waals surface area contributed by atoms with Crippen molar-refractivity contribution in [1.29, 1.82) is 0 Å². The molecule has 0 radical (unpaired) electrons. The number of hydrogen-bond acceptors (Lipinski definition) is 7. The molecule has 0 unspecified atom stereocenters. The molecule has 2 aromatic carbocycles. The van der Waals surface area contributed by atoms with Crippen molar-refractivity contribution in [2.75, 3.05) is 44.4 Å². The fourth-order valence-electron chi connectivity index (χ4n) is 3.24. The molecule has 7 nitrogen and oxygen atoms in total. The van der Waals surface area contributed by atoms with E-state index in [-0.39, 0.29) is 11.8 Å². The third-order valence-corrected chi connectivity index (χ3v) is 4.98. The predicted molar refractivity (Wildman–Crippen MR) is 130 cm³/mol. The second-order valence-corrected chi connectivity index (χ2v) is 7.93. The molecule has 0 fully saturated rings. The molecular weight excluding hydrogens is 421 g/mol. The Bertz CT molecular complexity index is 1090. The Morgan fingerprint density at radius 2 is 1.91 bits per heavy atom. The van der Waals surface area contributed by atoms with Crippen LogP contribution in [0.15, 0.2) is 48.7 Å². The molecular formula is C25H30FN5O2. The maximum Gasteiger partial charge on any atom is 0.338 e. The van der Waals surface area contributed by atoms with Crippen molar-refractivity contribution < 1.29 is 13.9 Å². The zero-order chi connectivity index (χ0) is 23.8. The highest BCUT2D eigenvalue weighted by molar-refractivity contribution is 5.90. The van der Waals surface area contributed by atoms with Crippen LogP contribution in [-0.4, -0.2) is 54.6 Å². The molecule has 0 bridgehead atoms. The average Bonchev–Trinajstić information content (AvgIpc) is 2.79. The van der Waals surface area contributed by atoms with Gasteiger partial charge in [0.25, 0.3) is 0 Å². The first kappa shape index (κ1) is 24.1. The first-order valence-corrected chi connectivity index (χ1v) is 10.9. The number of halogens is 1. The van der Waals surface area contributed by atoms with Gasteiger partial charge in [-0.05, 0) is 82.4 Å². The highest BCUT2D eigenvalue weighted by Gasteiger charge is 2.12. The number of nitrogens with one attached hydrogen (secondary N) is 2. The summed E-state index contributed by atoms with van der Waals surface area (Å²) in [6, 6.07) is 12.0. The average molecular weight is 452 g/mol. The lowest BCUT2D eigenvalue weighted by atomic mass is 10.1. The second kappa shape index (κ2) is 11.4. The summed E-state index contributed by atoms with van der Waals surface area (Å²) in [6.45, 7) is 5.50. The summed E-state index contributed by atoms with van der Waals surface area (Å²) in [4.78, 5) is 23.2. The van der Waals surface area contributed by atoms with E-state index in [2.05, 4.69) is 25.5 Å². The molecule has 0 saturated carbocycles. The standard InChI is InChI=1S/C25H30FN5O2/c1-5-33-24(32)19-9-7-18(8-10-19)21-16-28-25(29-20-11-12-22(26)17(2)15-20)30-23(21)27-13-6-14-31(3)4/h7-12,15-16H,5-6,13-14H2,1-4H3,(H2,27,28,29,30). The van der Waals surface area contributed by atoms with Crippen LogP contribution in [0.4, 0.5) is 21.8 Å². The first-order valence-electron chi connectivity index (χ1n) is 10.9. The fourth-order valence-corrected chi connectivity index (χ4v) is 3.24. The molecule has 0 saturated heterocycles. The van der Waals surface area contributed by atoms with Gasteiger partial charge in [-0.1, -0.05) is 12.1 Å². The molecule has 8 heteroatoms. The molecule has 33 heavy (non-hydrogen) atoms. The monoisotopic (exact) mass is 451 g/mol. The van der Waals surface area contributed by atoms with Crippen molar-refractivity contribution >= 4 is 23.4 Å². The largest absolute Gasteiger partial charge is 0.462 e. The maximum atomic E-state index is 13.6. The van der Waals surface area contributed by atoms with Gasteiger partial charge < -0.3 is 20.3 Å². The Morgan fingerprint density at radius 1 is 1.15 bits per heavy atom. The molecule has 0 spiro atoms. The normalized spacial score (nSPS) is 10.8. The number of esters is 1. The molecule has 0 amide bonds. The number of nitrogens with zero attached hydrogens (tertiary/aromatic N) is 3. The Balaban J connectivity index is 1.86. The Kier molecular flexibility index (Phi) is 8.32. The molecule has 3 aromatic rings. The molecule has 3 rings (SSSR count). The van der Waals surface area contributed by atoms with Crippen molar-refractivity contribution in [1.82, 2.24) is 14.9 Å². The number of carbonyl (C=O) groups excluding carboxylic acids is 1. The zero-order valence-corrected chi connectivity index (χ0v) is 19.5. The van der Waals surface area contributed by atoms with Crippen LogP contribution in [0, 0.1) is 12.7 Å². The summed E-state index contributed by atoms with van der Waals surface area (Å²) >= 11 is 0. The lowest BCUT2D eigenvalue weighted by Gasteiger charge is -2.15. The van der Waals surface area contributed by atoms with E-state index in [1.54, 1.807) is 44.3 Å². The van der Waals surface area contributed by atoms with Gasteiger partial charge in [0.2, 0.25) is 5.95 Å². The van der Waals surface area contributed by atoms with Gasteiger partial charge in [-0.15, -0.1) is 0 Å². The summed E-state index contributed by atoms with van der Waals surface area (Å²) in [5.41, 5.74) is 3.43. The lowest BCUT2D eigenvalue weighted by molar-refractivity contribution is 0.0526. The van der Waals surface area contributed by atoms with E-state index >= 15 is 0 Å². The smallest absolute Gasteiger partial charge is 0.338 e. The van der Waals surface area contributed by atoms with E-state index in [9.17, 15) is 9.18 Å². The SMILES string of the molecule is CCOC(=O)c1ccc(-c2cnc(Nc3ccc(F)c(C)c3)nc2NCCCN(C)C)cc1. The molecule has 1 heterocycles. The van der Waals surface area contributed by atoms with Crippen molar-refractivity contribution in [3.63, 3.8) is 0 Å². The number of anilines is 3. The zero-order valence-electron chi connectivity index (χ0n) is 19.5. The summed E-state index contributed by atoms with van der Waals surface area (Å²) in [6.07, 6.45) is 2.68. The summed E-state index contributed by atoms with van der Waals surface area (Å²) in [7, 11) is 4.07. The highest BCUT2D eigenvalue weighted by Crippen LogP contribution is 2.28. The van der Waals surface area contributed by atoms with E-state index in [0.29, 0.717) is 35.2 Å². The van der Waals surface area contributed by atoms with Gasteiger partial charge in [-0.2, -0.15) is 4.98 Å². The number of aromatic nitrogens is 2. The van der Waals surface area contributed by atoms with Crippen molar-refractivity contribution in [2.24, 2.45) is 0 Å². The fraction of sp³-hybridized carbons (Fsp3) is 0.320. The molecule has 0 atom stereocenters. The minimum Gasteiger partial charge on any atom is -0.462 e. The van der Waals surface area contributed by atoms with Crippen LogP contribution in [0.25, 0.3) is 11.1 Å². The lowest BCUT2D eigenvalue weighted by Crippen LogP contribution is -2.17. The van der Waals surface area contributed by atoms with E-state index in [0.717, 1.165) is 30.6 Å². The van der Waals surface area contributed by atoms with Gasteiger partial charge in [-0.3, -0.25) is 0 Å². The summed E-state index contributed by atoms with van der Waals surface area (Å²) in [5, 5.41) is 6.54. The van der Waals surface area contributed by atoms with Crippen LogP contribution < -0.4 is 10.6 Å². The summed E-state index contributed by atoms with van der Waals surface area (Å²) in [5.74, 6) is 0.472. The number of hydrogen-bond donors (Lipinski definition) is 2. The van der Waals surface area contributed by atoms with Gasteiger partial charge >= 0.3 is 5.97 Å². The first-order chi connectivity index (χ1) is 15.9. The molecule has 174 valence electrons. The maximum absolute atomic E-state index is 13.6. The van der Waals surface area contributed by atoms with Gasteiger partial charge in [-0.25, -0.2) is 14.2 Å². The van der Waals surface area contributed by atoms with Crippen LogP contribution in [0.3, 0.4) is 0 Å². The number of rotatable bonds is 10. The Labute approximate surface area is 194 Å². The van der Waals surface area contributed by atoms with Gasteiger partial charge in [0.1, 0.15) is 11.6 Å². The molecule has 0 aliphatic carbocycles. The van der Waals surface area contributed by atoms with E-state index in [4.69, 9.17) is 4.74 Å². The van der Waals surface area contributed by atoms with Gasteiger partial charge in [0, 0.05) is 24.0 Å². The second-order valence-electron chi connectivity index (χ2n) is 7.93. The van der Waals surface area contributed by atoms with Crippen molar-refractivity contribution in [2.45, 2.75) is 20.3 Å². The predicted octanol–water partition coefficient (Wildman–Crippen LogP) is 4.88. The molecule has 1 aromatic heterocycles. The number of benzene rings is 2. The van der Waals surface area contributed by atoms with Gasteiger partial charge in [0.15, 0.2) is 0 Å². The number of carbonyl (C=O) groups is 1. The molecule has 0 aliphatic heterocycles. The number of aryl methyl sites for hydroxylation is 1. The van der Waals surface area contributed by atoms with Crippen LogP contribution in [0.1, 0.15) is 29.3 Å². The third-order valence-electron chi connectivity index (χ3n) is 4.98. The Hall–Kier alpha value is -3.52. The van der Waals surface area contributed by atoms with Crippen molar-refractivity contribution in [3.8, 4) is 11.1 Å². The van der Waals surface area contributed by atoms with Crippen LogP contribution in [-0.2, 0) is 4.74 Å². The quantitative estimate of drug-likeness (QED) is 0.336. The van der Waals surface area contributed by atoms with E-state index in [1.165, 1.54) is 6.07 Å². The minimum absolute atomic E-state index is 0.258. The third kappa shape index (κ3) is 6.73. The van der Waals surface area contributed by atoms with Gasteiger partial charge in [0.05, 0.1) is 12.2 Å².